The van der Waals surface area contributed by atoms with Gasteiger partial charge in [-0.2, -0.15) is 0 Å². The summed E-state index contributed by atoms with van der Waals surface area (Å²) in [5, 5.41) is 2.94. The van der Waals surface area contributed by atoms with Gasteiger partial charge in [-0.05, 0) is 34.1 Å². The highest BCUT2D eigenvalue weighted by molar-refractivity contribution is 5.97. The summed E-state index contributed by atoms with van der Waals surface area (Å²) >= 11 is 0. The average Bonchev–Trinajstić information content (AvgIpc) is 2.41. The summed E-state index contributed by atoms with van der Waals surface area (Å²) < 4.78 is 5.42. The van der Waals surface area contributed by atoms with Crippen molar-refractivity contribution in [3.63, 3.8) is 0 Å². The van der Waals surface area contributed by atoms with Gasteiger partial charge in [0.25, 0.3) is 5.91 Å². The standard InChI is InChI=1S/C12H19NO2/c1-6-7(2)13-12(14)11-8(3)9(4)15-10(11)5/h7H,6H2,1-5H3,(H,13,14). The normalized spacial score (nSPS) is 12.6. The van der Waals surface area contributed by atoms with Crippen LogP contribution in [0.3, 0.4) is 0 Å². The number of carbonyl (C=O) groups is 1. The van der Waals surface area contributed by atoms with E-state index in [1.165, 1.54) is 0 Å². The van der Waals surface area contributed by atoms with Crippen LogP contribution in [0.4, 0.5) is 0 Å². The fourth-order valence-corrected chi connectivity index (χ4v) is 1.53. The molecule has 1 unspecified atom stereocenters. The first-order valence-corrected chi connectivity index (χ1v) is 5.34. The number of aryl methyl sites for hydroxylation is 2. The molecule has 3 heteroatoms. The maximum atomic E-state index is 11.9. The topological polar surface area (TPSA) is 42.2 Å². The first kappa shape index (κ1) is 11.8. The van der Waals surface area contributed by atoms with Gasteiger partial charge in [0.1, 0.15) is 11.5 Å². The largest absolute Gasteiger partial charge is 0.466 e. The van der Waals surface area contributed by atoms with Crippen LogP contribution in [0.5, 0.6) is 0 Å². The number of furan rings is 1. The second-order valence-electron chi connectivity index (χ2n) is 4.00. The summed E-state index contributed by atoms with van der Waals surface area (Å²) in [4.78, 5) is 11.9. The van der Waals surface area contributed by atoms with Crippen LogP contribution in [-0.2, 0) is 0 Å². The minimum atomic E-state index is -0.0313. The summed E-state index contributed by atoms with van der Waals surface area (Å²) in [6, 6.07) is 0.200. The molecular weight excluding hydrogens is 190 g/mol. The predicted molar refractivity (Wildman–Crippen MR) is 60.1 cm³/mol. The van der Waals surface area contributed by atoms with Crippen LogP contribution in [0.2, 0.25) is 0 Å². The third-order valence-electron chi connectivity index (χ3n) is 2.78. The zero-order valence-electron chi connectivity index (χ0n) is 10.1. The Morgan fingerprint density at radius 2 is 1.93 bits per heavy atom. The molecule has 0 spiro atoms. The summed E-state index contributed by atoms with van der Waals surface area (Å²) in [6.45, 7) is 9.66. The number of amides is 1. The molecule has 1 N–H and O–H groups in total. The Morgan fingerprint density at radius 1 is 1.33 bits per heavy atom. The molecule has 3 nitrogen and oxygen atoms in total. The van der Waals surface area contributed by atoms with E-state index in [4.69, 9.17) is 4.42 Å². The lowest BCUT2D eigenvalue weighted by atomic mass is 10.1. The highest BCUT2D eigenvalue weighted by atomic mass is 16.3. The van der Waals surface area contributed by atoms with Gasteiger partial charge >= 0.3 is 0 Å². The minimum Gasteiger partial charge on any atom is -0.466 e. The maximum Gasteiger partial charge on any atom is 0.255 e. The van der Waals surface area contributed by atoms with E-state index in [0.717, 1.165) is 17.7 Å². The van der Waals surface area contributed by atoms with Crippen LogP contribution < -0.4 is 5.32 Å². The van der Waals surface area contributed by atoms with Crippen molar-refractivity contribution in [1.82, 2.24) is 5.32 Å². The molecule has 0 aromatic carbocycles. The second-order valence-corrected chi connectivity index (χ2v) is 4.00. The summed E-state index contributed by atoms with van der Waals surface area (Å²) in [5.41, 5.74) is 1.63. The zero-order valence-corrected chi connectivity index (χ0v) is 10.1. The first-order chi connectivity index (χ1) is 6.97. The number of hydrogen-bond donors (Lipinski definition) is 1. The number of hydrogen-bond acceptors (Lipinski definition) is 2. The average molecular weight is 209 g/mol. The molecule has 1 aromatic heterocycles. The van der Waals surface area contributed by atoms with Crippen molar-refractivity contribution in [2.75, 3.05) is 0 Å². The van der Waals surface area contributed by atoms with Crippen molar-refractivity contribution in [2.45, 2.75) is 47.1 Å². The van der Waals surface area contributed by atoms with Crippen molar-refractivity contribution in [1.29, 1.82) is 0 Å². The van der Waals surface area contributed by atoms with Crippen molar-refractivity contribution in [2.24, 2.45) is 0 Å². The molecule has 15 heavy (non-hydrogen) atoms. The zero-order chi connectivity index (χ0) is 11.6. The molecule has 0 saturated heterocycles. The lowest BCUT2D eigenvalue weighted by Crippen LogP contribution is -2.32. The van der Waals surface area contributed by atoms with E-state index in [9.17, 15) is 4.79 Å². The van der Waals surface area contributed by atoms with E-state index in [0.29, 0.717) is 11.3 Å². The van der Waals surface area contributed by atoms with Crippen molar-refractivity contribution in [3.05, 3.63) is 22.6 Å². The maximum absolute atomic E-state index is 11.9. The van der Waals surface area contributed by atoms with Crippen LogP contribution in [0.1, 0.15) is 47.7 Å². The van der Waals surface area contributed by atoms with Gasteiger partial charge in [-0.1, -0.05) is 6.92 Å². The monoisotopic (exact) mass is 209 g/mol. The molecule has 0 aliphatic rings. The second kappa shape index (κ2) is 4.51. The molecule has 1 aromatic rings. The molecule has 0 bridgehead atoms. The molecule has 0 aliphatic carbocycles. The lowest BCUT2D eigenvalue weighted by Gasteiger charge is -2.11. The van der Waals surface area contributed by atoms with Gasteiger partial charge in [0, 0.05) is 11.6 Å². The fraction of sp³-hybridized carbons (Fsp3) is 0.583. The fourth-order valence-electron chi connectivity index (χ4n) is 1.53. The van der Waals surface area contributed by atoms with E-state index in [1.807, 2.05) is 34.6 Å². The molecule has 0 fully saturated rings. The molecule has 0 saturated carbocycles. The lowest BCUT2D eigenvalue weighted by molar-refractivity contribution is 0.0937. The van der Waals surface area contributed by atoms with E-state index in [-0.39, 0.29) is 11.9 Å². The van der Waals surface area contributed by atoms with Crippen LogP contribution in [-0.4, -0.2) is 11.9 Å². The summed E-state index contributed by atoms with van der Waals surface area (Å²) in [6.07, 6.45) is 0.931. The molecule has 1 rings (SSSR count). The van der Waals surface area contributed by atoms with Crippen LogP contribution >= 0.6 is 0 Å². The minimum absolute atomic E-state index is 0.0313. The van der Waals surface area contributed by atoms with E-state index in [1.54, 1.807) is 0 Å². The molecule has 0 aliphatic heterocycles. The summed E-state index contributed by atoms with van der Waals surface area (Å²) in [7, 11) is 0. The highest BCUT2D eigenvalue weighted by Gasteiger charge is 2.19. The highest BCUT2D eigenvalue weighted by Crippen LogP contribution is 2.20. The van der Waals surface area contributed by atoms with Crippen molar-refractivity contribution >= 4 is 5.91 Å². The van der Waals surface area contributed by atoms with Gasteiger partial charge in [0.05, 0.1) is 5.56 Å². The van der Waals surface area contributed by atoms with Crippen LogP contribution in [0, 0.1) is 20.8 Å². The van der Waals surface area contributed by atoms with Crippen molar-refractivity contribution in [3.8, 4) is 0 Å². The number of nitrogens with one attached hydrogen (secondary N) is 1. The quantitative estimate of drug-likeness (QED) is 0.831. The van der Waals surface area contributed by atoms with E-state index >= 15 is 0 Å². The van der Waals surface area contributed by atoms with Gasteiger partial charge in [0.2, 0.25) is 0 Å². The van der Waals surface area contributed by atoms with E-state index in [2.05, 4.69) is 5.32 Å². The SMILES string of the molecule is CCC(C)NC(=O)c1c(C)oc(C)c1C. The Bertz CT molecular complexity index is 366. The Morgan fingerprint density at radius 3 is 2.33 bits per heavy atom. The Balaban J connectivity index is 2.91. The predicted octanol–water partition coefficient (Wildman–Crippen LogP) is 2.73. The van der Waals surface area contributed by atoms with Gasteiger partial charge in [-0.25, -0.2) is 0 Å². The molecule has 1 amide bonds. The number of carbonyl (C=O) groups excluding carboxylic acids is 1. The Labute approximate surface area is 90.9 Å². The van der Waals surface area contributed by atoms with Crippen LogP contribution in [0.15, 0.2) is 4.42 Å². The Kier molecular flexibility index (Phi) is 3.56. The van der Waals surface area contributed by atoms with E-state index < -0.39 is 0 Å². The molecule has 1 atom stereocenters. The molecule has 84 valence electrons. The van der Waals surface area contributed by atoms with Crippen LogP contribution in [0.25, 0.3) is 0 Å². The van der Waals surface area contributed by atoms with Gasteiger partial charge in [-0.15, -0.1) is 0 Å². The van der Waals surface area contributed by atoms with Gasteiger partial charge in [-0.3, -0.25) is 4.79 Å². The third-order valence-corrected chi connectivity index (χ3v) is 2.78. The first-order valence-electron chi connectivity index (χ1n) is 5.34. The Hall–Kier alpha value is -1.25. The molecular formula is C12H19NO2. The van der Waals surface area contributed by atoms with Crippen molar-refractivity contribution < 1.29 is 9.21 Å². The van der Waals surface area contributed by atoms with Gasteiger partial charge < -0.3 is 9.73 Å². The van der Waals surface area contributed by atoms with Gasteiger partial charge in [0.15, 0.2) is 0 Å². The molecule has 0 radical (unpaired) electrons. The smallest absolute Gasteiger partial charge is 0.255 e. The third kappa shape index (κ3) is 2.41. The summed E-state index contributed by atoms with van der Waals surface area (Å²) in [5.74, 6) is 1.49. The number of rotatable bonds is 3. The molecule has 1 heterocycles.